The first-order valence-corrected chi connectivity index (χ1v) is 10.2. The van der Waals surface area contributed by atoms with E-state index in [1.807, 2.05) is 42.5 Å². The molecule has 0 aromatic heterocycles. The van der Waals surface area contributed by atoms with Gasteiger partial charge in [0.25, 0.3) is 0 Å². The van der Waals surface area contributed by atoms with Crippen molar-refractivity contribution in [1.82, 2.24) is 15.5 Å². The number of morpholine rings is 1. The van der Waals surface area contributed by atoms with Gasteiger partial charge in [-0.2, -0.15) is 0 Å². The third-order valence-electron chi connectivity index (χ3n) is 4.94. The number of hydrogen-bond acceptors (Lipinski definition) is 5. The average molecular weight is 412 g/mol. The van der Waals surface area contributed by atoms with Crippen molar-refractivity contribution in [3.05, 3.63) is 71.3 Å². The van der Waals surface area contributed by atoms with Crippen molar-refractivity contribution in [2.45, 2.75) is 32.7 Å². The predicted octanol–water partition coefficient (Wildman–Crippen LogP) is 2.45. The molecule has 1 aliphatic rings. The first-order valence-electron chi connectivity index (χ1n) is 10.2. The number of carbonyl (C=O) groups excluding carboxylic acids is 2. The Bertz CT molecular complexity index is 805. The van der Waals surface area contributed by atoms with Crippen LogP contribution < -0.4 is 10.6 Å². The van der Waals surface area contributed by atoms with Gasteiger partial charge in [0.1, 0.15) is 12.6 Å². The van der Waals surface area contributed by atoms with E-state index in [0.717, 1.165) is 44.0 Å². The molecule has 2 aromatic carbocycles. The summed E-state index contributed by atoms with van der Waals surface area (Å²) < 4.78 is 10.5. The van der Waals surface area contributed by atoms with Gasteiger partial charge >= 0.3 is 6.09 Å². The van der Waals surface area contributed by atoms with E-state index in [-0.39, 0.29) is 12.5 Å². The lowest BCUT2D eigenvalue weighted by molar-refractivity contribution is -0.122. The average Bonchev–Trinajstić information content (AvgIpc) is 2.78. The van der Waals surface area contributed by atoms with E-state index in [0.29, 0.717) is 6.54 Å². The maximum atomic E-state index is 12.3. The molecule has 0 radical (unpaired) electrons. The van der Waals surface area contributed by atoms with Gasteiger partial charge in [0.05, 0.1) is 13.2 Å². The monoisotopic (exact) mass is 411 g/mol. The van der Waals surface area contributed by atoms with Crippen molar-refractivity contribution in [3.8, 4) is 0 Å². The van der Waals surface area contributed by atoms with Crippen molar-refractivity contribution in [2.75, 3.05) is 26.3 Å². The highest BCUT2D eigenvalue weighted by Crippen LogP contribution is 2.09. The molecule has 2 N–H and O–H groups in total. The Morgan fingerprint density at radius 2 is 1.67 bits per heavy atom. The van der Waals surface area contributed by atoms with Crippen LogP contribution in [0.3, 0.4) is 0 Å². The Kier molecular flexibility index (Phi) is 8.23. The van der Waals surface area contributed by atoms with Gasteiger partial charge < -0.3 is 20.1 Å². The van der Waals surface area contributed by atoms with Crippen LogP contribution in [0.2, 0.25) is 0 Å². The van der Waals surface area contributed by atoms with Gasteiger partial charge in [0.15, 0.2) is 0 Å². The summed E-state index contributed by atoms with van der Waals surface area (Å²) in [5.41, 5.74) is 3.14. The molecule has 1 fully saturated rings. The van der Waals surface area contributed by atoms with E-state index in [4.69, 9.17) is 9.47 Å². The minimum absolute atomic E-state index is 0.164. The summed E-state index contributed by atoms with van der Waals surface area (Å²) in [6.07, 6.45) is -0.617. The van der Waals surface area contributed by atoms with Gasteiger partial charge in [-0.3, -0.25) is 9.69 Å². The topological polar surface area (TPSA) is 79.9 Å². The SMILES string of the molecule is C[C@@H](NC(=O)OCc1ccccc1)C(=O)NCc1ccc(CN2CCOCC2)cc1. The first kappa shape index (κ1) is 21.8. The quantitative estimate of drug-likeness (QED) is 0.698. The number of alkyl carbamates (subject to hydrolysis) is 1. The van der Waals surface area contributed by atoms with E-state index >= 15 is 0 Å². The highest BCUT2D eigenvalue weighted by molar-refractivity contribution is 5.85. The normalized spacial score (nSPS) is 15.2. The number of carbonyl (C=O) groups is 2. The minimum atomic E-state index is -0.686. The molecule has 7 nitrogen and oxygen atoms in total. The molecule has 1 saturated heterocycles. The molecule has 7 heteroatoms. The Morgan fingerprint density at radius 3 is 2.37 bits per heavy atom. The number of nitrogens with one attached hydrogen (secondary N) is 2. The molecule has 1 atom stereocenters. The Balaban J connectivity index is 1.37. The van der Waals surface area contributed by atoms with E-state index < -0.39 is 12.1 Å². The fourth-order valence-electron chi connectivity index (χ4n) is 3.13. The van der Waals surface area contributed by atoms with Crippen molar-refractivity contribution in [2.24, 2.45) is 0 Å². The van der Waals surface area contributed by atoms with Crippen molar-refractivity contribution >= 4 is 12.0 Å². The fraction of sp³-hybridized carbons (Fsp3) is 0.391. The smallest absolute Gasteiger partial charge is 0.408 e. The van der Waals surface area contributed by atoms with Crippen LogP contribution in [-0.4, -0.2) is 49.2 Å². The summed E-state index contributed by atoms with van der Waals surface area (Å²) >= 11 is 0. The molecule has 3 rings (SSSR count). The van der Waals surface area contributed by atoms with Gasteiger partial charge in [-0.05, 0) is 23.6 Å². The molecule has 0 spiro atoms. The summed E-state index contributed by atoms with van der Waals surface area (Å²) in [4.78, 5) is 26.5. The van der Waals surface area contributed by atoms with Crippen LogP contribution in [0.15, 0.2) is 54.6 Å². The maximum Gasteiger partial charge on any atom is 0.408 e. The zero-order valence-electron chi connectivity index (χ0n) is 17.3. The fourth-order valence-corrected chi connectivity index (χ4v) is 3.13. The lowest BCUT2D eigenvalue weighted by atomic mass is 10.1. The van der Waals surface area contributed by atoms with Crippen LogP contribution in [0.4, 0.5) is 4.79 Å². The molecule has 30 heavy (non-hydrogen) atoms. The van der Waals surface area contributed by atoms with Gasteiger partial charge in [0.2, 0.25) is 5.91 Å². The van der Waals surface area contributed by atoms with Crippen molar-refractivity contribution in [1.29, 1.82) is 0 Å². The molecular weight excluding hydrogens is 382 g/mol. The Hall–Kier alpha value is -2.90. The lowest BCUT2D eigenvalue weighted by Gasteiger charge is -2.26. The second kappa shape index (κ2) is 11.3. The first-order chi connectivity index (χ1) is 14.6. The number of ether oxygens (including phenoxy) is 2. The third kappa shape index (κ3) is 7.17. The summed E-state index contributed by atoms with van der Waals surface area (Å²) in [6, 6.07) is 16.9. The number of rotatable bonds is 8. The Labute approximate surface area is 177 Å². The largest absolute Gasteiger partial charge is 0.445 e. The molecule has 1 heterocycles. The molecule has 2 amide bonds. The van der Waals surface area contributed by atoms with E-state index in [1.54, 1.807) is 6.92 Å². The van der Waals surface area contributed by atoms with Gasteiger partial charge in [0, 0.05) is 26.2 Å². The molecular formula is C23H29N3O4. The van der Waals surface area contributed by atoms with Crippen LogP contribution in [-0.2, 0) is 34.0 Å². The van der Waals surface area contributed by atoms with E-state index in [1.165, 1.54) is 5.56 Å². The molecule has 0 unspecified atom stereocenters. The van der Waals surface area contributed by atoms with E-state index in [2.05, 4.69) is 27.7 Å². The zero-order valence-corrected chi connectivity index (χ0v) is 17.3. The number of benzene rings is 2. The lowest BCUT2D eigenvalue weighted by Crippen LogP contribution is -2.44. The van der Waals surface area contributed by atoms with Gasteiger partial charge in [-0.25, -0.2) is 4.79 Å². The Morgan fingerprint density at radius 1 is 1.00 bits per heavy atom. The number of nitrogens with zero attached hydrogens (tertiary/aromatic N) is 1. The van der Waals surface area contributed by atoms with Crippen LogP contribution in [0, 0.1) is 0 Å². The molecule has 0 bridgehead atoms. The summed E-state index contributed by atoms with van der Waals surface area (Å²) in [5.74, 6) is -0.260. The second-order valence-corrected chi connectivity index (χ2v) is 7.35. The molecule has 0 saturated carbocycles. The van der Waals surface area contributed by atoms with Crippen LogP contribution in [0.5, 0.6) is 0 Å². The highest BCUT2D eigenvalue weighted by atomic mass is 16.5. The summed E-state index contributed by atoms with van der Waals surface area (Å²) in [7, 11) is 0. The summed E-state index contributed by atoms with van der Waals surface area (Å²) in [5, 5.41) is 5.39. The maximum absolute atomic E-state index is 12.3. The third-order valence-corrected chi connectivity index (χ3v) is 4.94. The van der Waals surface area contributed by atoms with Crippen LogP contribution in [0.25, 0.3) is 0 Å². The van der Waals surface area contributed by atoms with Crippen LogP contribution in [0.1, 0.15) is 23.6 Å². The second-order valence-electron chi connectivity index (χ2n) is 7.35. The number of hydrogen-bond donors (Lipinski definition) is 2. The summed E-state index contributed by atoms with van der Waals surface area (Å²) in [6.45, 7) is 6.59. The minimum Gasteiger partial charge on any atom is -0.445 e. The van der Waals surface area contributed by atoms with Gasteiger partial charge in [-0.15, -0.1) is 0 Å². The highest BCUT2D eigenvalue weighted by Gasteiger charge is 2.16. The predicted molar refractivity (Wildman–Crippen MR) is 114 cm³/mol. The van der Waals surface area contributed by atoms with Crippen LogP contribution >= 0.6 is 0 Å². The number of amides is 2. The molecule has 0 aliphatic carbocycles. The molecule has 1 aliphatic heterocycles. The molecule has 160 valence electrons. The van der Waals surface area contributed by atoms with Gasteiger partial charge in [-0.1, -0.05) is 54.6 Å². The molecule has 2 aromatic rings. The van der Waals surface area contributed by atoms with Crippen molar-refractivity contribution in [3.63, 3.8) is 0 Å². The standard InChI is InChI=1S/C23H29N3O4/c1-18(25-23(28)30-17-21-5-3-2-4-6-21)22(27)24-15-19-7-9-20(10-8-19)16-26-11-13-29-14-12-26/h2-10,18H,11-17H2,1H3,(H,24,27)(H,25,28)/t18-/m1/s1. The van der Waals surface area contributed by atoms with E-state index in [9.17, 15) is 9.59 Å². The van der Waals surface area contributed by atoms with Crippen molar-refractivity contribution < 1.29 is 19.1 Å². The zero-order chi connectivity index (χ0) is 21.2.